The fourth-order valence-electron chi connectivity index (χ4n) is 5.12. The molecule has 0 aromatic carbocycles. The first-order valence-electron chi connectivity index (χ1n) is 7.01. The number of rotatable bonds is 2. The van der Waals surface area contributed by atoms with Crippen LogP contribution in [0.3, 0.4) is 0 Å². The highest BCUT2D eigenvalue weighted by Crippen LogP contribution is 2.67. The van der Waals surface area contributed by atoms with Gasteiger partial charge in [-0.25, -0.2) is 0 Å². The molecule has 2 rings (SSSR count). The van der Waals surface area contributed by atoms with Crippen molar-refractivity contribution in [3.63, 3.8) is 0 Å². The summed E-state index contributed by atoms with van der Waals surface area (Å²) in [7, 11) is 11.7. The predicted molar refractivity (Wildman–Crippen MR) is 73.9 cm³/mol. The summed E-state index contributed by atoms with van der Waals surface area (Å²) in [6, 6.07) is 1.50. The van der Waals surface area contributed by atoms with Gasteiger partial charge in [0.1, 0.15) is 6.04 Å². The van der Waals surface area contributed by atoms with Crippen LogP contribution in [-0.2, 0) is 0 Å². The summed E-state index contributed by atoms with van der Waals surface area (Å²) in [5.74, 6) is 0.875. The minimum absolute atomic E-state index is 0. The number of hydrogen-bond acceptors (Lipinski definition) is 1. The largest absolute Gasteiger partial charge is 1.00 e. The van der Waals surface area contributed by atoms with Gasteiger partial charge in [0.2, 0.25) is 0 Å². The van der Waals surface area contributed by atoms with Crippen LogP contribution < -0.4 is 24.0 Å². The second-order valence-corrected chi connectivity index (χ2v) is 8.30. The van der Waals surface area contributed by atoms with Crippen LogP contribution in [0.4, 0.5) is 0 Å². The van der Waals surface area contributed by atoms with Crippen LogP contribution in [-0.4, -0.2) is 56.7 Å². The van der Waals surface area contributed by atoms with E-state index in [1.165, 1.54) is 12.8 Å². The van der Waals surface area contributed by atoms with Crippen LogP contribution >= 0.6 is 0 Å². The highest BCUT2D eigenvalue weighted by atomic mass is 127. The number of fused-ring (bicyclic) bond motifs is 2. The average molecular weight is 366 g/mol. The molecule has 2 aliphatic carbocycles. The van der Waals surface area contributed by atoms with Crippen LogP contribution in [0, 0.1) is 16.7 Å². The van der Waals surface area contributed by atoms with Gasteiger partial charge >= 0.3 is 0 Å². The third kappa shape index (κ3) is 1.96. The van der Waals surface area contributed by atoms with Crippen molar-refractivity contribution in [3.05, 3.63) is 0 Å². The molecule has 0 N–H and O–H groups in total. The number of hydrogen-bond donors (Lipinski definition) is 0. The minimum Gasteiger partial charge on any atom is -1.00 e. The standard InChI is InChI=1S/C15H31N2.HI/c1-14(2)11-9-10-15(14,3)13(16(4)5)12(11)17(6,7)8;/h11-13H,9-10H2,1-8H3;1H/q+1;/p-1. The summed E-state index contributed by atoms with van der Waals surface area (Å²) in [4.78, 5) is 2.50. The monoisotopic (exact) mass is 366 g/mol. The van der Waals surface area contributed by atoms with Crippen molar-refractivity contribution in [1.29, 1.82) is 0 Å². The summed E-state index contributed by atoms with van der Waals surface area (Å²) in [5.41, 5.74) is 0.968. The first kappa shape index (κ1) is 16.7. The van der Waals surface area contributed by atoms with E-state index < -0.39 is 0 Å². The molecule has 0 heterocycles. The Kier molecular flexibility index (Phi) is 4.26. The molecule has 0 radical (unpaired) electrons. The predicted octanol–water partition coefficient (Wildman–Crippen LogP) is -0.548. The van der Waals surface area contributed by atoms with Gasteiger partial charge in [0.25, 0.3) is 0 Å². The lowest BCUT2D eigenvalue weighted by atomic mass is 9.69. The molecule has 4 unspecified atom stereocenters. The van der Waals surface area contributed by atoms with E-state index >= 15 is 0 Å². The summed E-state index contributed by atoms with van der Waals surface area (Å²) >= 11 is 0. The Hall–Kier alpha value is 0.650. The van der Waals surface area contributed by atoms with E-state index in [-0.39, 0.29) is 24.0 Å². The second-order valence-electron chi connectivity index (χ2n) is 8.30. The summed E-state index contributed by atoms with van der Waals surface area (Å²) < 4.78 is 1.10. The van der Waals surface area contributed by atoms with Gasteiger partial charge in [0, 0.05) is 5.92 Å². The van der Waals surface area contributed by atoms with E-state index in [1.807, 2.05) is 0 Å². The van der Waals surface area contributed by atoms with E-state index in [2.05, 4.69) is 60.9 Å². The molecule has 18 heavy (non-hydrogen) atoms. The summed E-state index contributed by atoms with van der Waals surface area (Å²) in [6.45, 7) is 7.56. The molecule has 4 atom stereocenters. The van der Waals surface area contributed by atoms with Crippen LogP contribution in [0.1, 0.15) is 33.6 Å². The first-order chi connectivity index (χ1) is 7.53. The number of halogens is 1. The molecule has 0 aliphatic heterocycles. The van der Waals surface area contributed by atoms with E-state index in [9.17, 15) is 0 Å². The van der Waals surface area contributed by atoms with Gasteiger partial charge in [-0.15, -0.1) is 0 Å². The smallest absolute Gasteiger partial charge is 0.108 e. The highest BCUT2D eigenvalue weighted by molar-refractivity contribution is 5.17. The molecule has 0 spiro atoms. The molecular formula is C15H31IN2. The van der Waals surface area contributed by atoms with Crippen molar-refractivity contribution < 1.29 is 28.5 Å². The molecule has 2 aliphatic rings. The van der Waals surface area contributed by atoms with Crippen molar-refractivity contribution in [2.45, 2.75) is 45.7 Å². The third-order valence-corrected chi connectivity index (χ3v) is 6.21. The minimum atomic E-state index is 0. The van der Waals surface area contributed by atoms with Gasteiger partial charge in [-0.2, -0.15) is 0 Å². The summed E-state index contributed by atoms with van der Waals surface area (Å²) in [5, 5.41) is 0. The topological polar surface area (TPSA) is 3.24 Å². The molecular weight excluding hydrogens is 335 g/mol. The Morgan fingerprint density at radius 2 is 1.56 bits per heavy atom. The van der Waals surface area contributed by atoms with Crippen molar-refractivity contribution in [3.8, 4) is 0 Å². The second kappa shape index (κ2) is 4.59. The van der Waals surface area contributed by atoms with Crippen molar-refractivity contribution in [1.82, 2.24) is 4.90 Å². The van der Waals surface area contributed by atoms with E-state index in [4.69, 9.17) is 0 Å². The molecule has 3 heteroatoms. The van der Waals surface area contributed by atoms with Crippen molar-refractivity contribution in [2.24, 2.45) is 16.7 Å². The average Bonchev–Trinajstić information content (AvgIpc) is 2.44. The quantitative estimate of drug-likeness (QED) is 0.469. The van der Waals surface area contributed by atoms with Crippen molar-refractivity contribution in [2.75, 3.05) is 35.2 Å². The maximum Gasteiger partial charge on any atom is 0.108 e. The molecule has 0 aromatic rings. The van der Waals surface area contributed by atoms with Gasteiger partial charge in [-0.1, -0.05) is 20.8 Å². The molecule has 2 bridgehead atoms. The Balaban J connectivity index is 0.00000162. The fraction of sp³-hybridized carbons (Fsp3) is 1.00. The van der Waals surface area contributed by atoms with Crippen LogP contribution in [0.5, 0.6) is 0 Å². The van der Waals surface area contributed by atoms with Gasteiger partial charge < -0.3 is 33.4 Å². The van der Waals surface area contributed by atoms with Gasteiger partial charge in [0.05, 0.1) is 27.2 Å². The Labute approximate surface area is 131 Å². The maximum atomic E-state index is 2.54. The van der Waals surface area contributed by atoms with Crippen molar-refractivity contribution >= 4 is 0 Å². The summed E-state index contributed by atoms with van der Waals surface area (Å²) in [6.07, 6.45) is 2.83. The van der Waals surface area contributed by atoms with E-state index in [0.29, 0.717) is 10.8 Å². The maximum absolute atomic E-state index is 2.54. The van der Waals surface area contributed by atoms with Gasteiger partial charge in [-0.3, -0.25) is 0 Å². The first-order valence-corrected chi connectivity index (χ1v) is 7.01. The zero-order valence-corrected chi connectivity index (χ0v) is 15.6. The van der Waals surface area contributed by atoms with Crippen LogP contribution in [0.25, 0.3) is 0 Å². The van der Waals surface area contributed by atoms with E-state index in [1.54, 1.807) is 0 Å². The zero-order valence-electron chi connectivity index (χ0n) is 13.4. The molecule has 2 nitrogen and oxygen atoms in total. The normalized spacial score (nSPS) is 42.2. The number of quaternary nitrogens is 1. The zero-order chi connectivity index (χ0) is 13.2. The molecule has 108 valence electrons. The molecule has 0 saturated heterocycles. The Bertz CT molecular complexity index is 319. The van der Waals surface area contributed by atoms with Crippen LogP contribution in [0.2, 0.25) is 0 Å². The number of nitrogens with zero attached hydrogens (tertiary/aromatic N) is 2. The fourth-order valence-corrected chi connectivity index (χ4v) is 5.12. The highest BCUT2D eigenvalue weighted by Gasteiger charge is 2.70. The molecule has 2 saturated carbocycles. The lowest BCUT2D eigenvalue weighted by Crippen LogP contribution is -3.00. The lowest BCUT2D eigenvalue weighted by Gasteiger charge is -2.47. The van der Waals surface area contributed by atoms with Gasteiger partial charge in [0.15, 0.2) is 0 Å². The molecule has 0 amide bonds. The molecule has 0 aromatic heterocycles. The van der Waals surface area contributed by atoms with Crippen LogP contribution in [0.15, 0.2) is 0 Å². The SMILES string of the molecule is CN(C)C1C([N+](C)(C)C)C2CCC1(C)C2(C)C.[I-]. The molecule has 2 fully saturated rings. The Morgan fingerprint density at radius 1 is 1.06 bits per heavy atom. The third-order valence-electron chi connectivity index (χ3n) is 6.21. The van der Waals surface area contributed by atoms with Gasteiger partial charge in [-0.05, 0) is 37.8 Å². The van der Waals surface area contributed by atoms with E-state index in [0.717, 1.165) is 22.5 Å². The Morgan fingerprint density at radius 3 is 1.89 bits per heavy atom. The lowest BCUT2D eigenvalue weighted by molar-refractivity contribution is -0.902. The number of likely N-dealkylation sites (N-methyl/N-ethyl adjacent to an activating group) is 2.